The maximum Gasteiger partial charge on any atom is 0.240 e. The maximum atomic E-state index is 11.9. The normalized spacial score (nSPS) is 11.5. The van der Waals surface area contributed by atoms with Gasteiger partial charge in [0.25, 0.3) is 0 Å². The van der Waals surface area contributed by atoms with E-state index in [2.05, 4.69) is 11.6 Å². The average molecular weight is 314 g/mol. The summed E-state index contributed by atoms with van der Waals surface area (Å²) in [7, 11) is -3.48. The highest BCUT2D eigenvalue weighted by atomic mass is 32.2. The SMILES string of the molecule is CCCCCCCOc1cc(S(=O)(=O)NCC)ccc1N. The highest BCUT2D eigenvalue weighted by Gasteiger charge is 2.14. The van der Waals surface area contributed by atoms with Crippen LogP contribution in [0.4, 0.5) is 5.69 Å². The Bertz CT molecular complexity index is 530. The van der Waals surface area contributed by atoms with Crippen molar-refractivity contribution >= 4 is 15.7 Å². The topological polar surface area (TPSA) is 81.4 Å². The predicted molar refractivity (Wildman–Crippen MR) is 86.0 cm³/mol. The van der Waals surface area contributed by atoms with Crippen LogP contribution in [-0.2, 0) is 10.0 Å². The molecule has 0 atom stereocenters. The summed E-state index contributed by atoms with van der Waals surface area (Å²) in [5.41, 5.74) is 6.29. The first kappa shape index (κ1) is 17.8. The van der Waals surface area contributed by atoms with Gasteiger partial charge in [0.15, 0.2) is 0 Å². The van der Waals surface area contributed by atoms with Crippen LogP contribution in [-0.4, -0.2) is 21.6 Å². The highest BCUT2D eigenvalue weighted by Crippen LogP contribution is 2.25. The third-order valence-electron chi connectivity index (χ3n) is 3.14. The molecule has 0 amide bonds. The smallest absolute Gasteiger partial charge is 0.240 e. The van der Waals surface area contributed by atoms with Crippen LogP contribution >= 0.6 is 0 Å². The molecule has 0 saturated heterocycles. The van der Waals surface area contributed by atoms with Crippen molar-refractivity contribution in [3.05, 3.63) is 18.2 Å². The van der Waals surface area contributed by atoms with Crippen molar-refractivity contribution in [2.75, 3.05) is 18.9 Å². The van der Waals surface area contributed by atoms with Crippen LogP contribution in [0, 0.1) is 0 Å². The first-order chi connectivity index (χ1) is 10.0. The summed E-state index contributed by atoms with van der Waals surface area (Å²) < 4.78 is 31.9. The van der Waals surface area contributed by atoms with Gasteiger partial charge in [-0.25, -0.2) is 13.1 Å². The number of anilines is 1. The quantitative estimate of drug-likeness (QED) is 0.514. The number of unbranched alkanes of at least 4 members (excludes halogenated alkanes) is 4. The number of nitrogen functional groups attached to an aromatic ring is 1. The van der Waals surface area contributed by atoms with Crippen LogP contribution < -0.4 is 15.2 Å². The minimum absolute atomic E-state index is 0.180. The van der Waals surface area contributed by atoms with E-state index in [9.17, 15) is 8.42 Å². The van der Waals surface area contributed by atoms with Gasteiger partial charge >= 0.3 is 0 Å². The molecule has 0 saturated carbocycles. The summed E-state index contributed by atoms with van der Waals surface area (Å²) in [5, 5.41) is 0. The predicted octanol–water partition coefficient (Wildman–Crippen LogP) is 2.92. The van der Waals surface area contributed by atoms with Crippen molar-refractivity contribution in [2.45, 2.75) is 50.8 Å². The Morgan fingerprint density at radius 2 is 1.86 bits per heavy atom. The fourth-order valence-electron chi connectivity index (χ4n) is 1.97. The Morgan fingerprint density at radius 3 is 2.52 bits per heavy atom. The van der Waals surface area contributed by atoms with Crippen molar-refractivity contribution < 1.29 is 13.2 Å². The molecule has 1 aromatic rings. The van der Waals surface area contributed by atoms with Gasteiger partial charge in [-0.15, -0.1) is 0 Å². The number of nitrogens with one attached hydrogen (secondary N) is 1. The molecule has 5 nitrogen and oxygen atoms in total. The summed E-state index contributed by atoms with van der Waals surface area (Å²) in [4.78, 5) is 0.180. The minimum Gasteiger partial charge on any atom is -0.491 e. The zero-order chi connectivity index (χ0) is 15.7. The monoisotopic (exact) mass is 314 g/mol. The molecule has 0 aliphatic heterocycles. The summed E-state index contributed by atoms with van der Waals surface area (Å²) >= 11 is 0. The summed E-state index contributed by atoms with van der Waals surface area (Å²) in [6.45, 7) is 4.81. The van der Waals surface area contributed by atoms with Gasteiger partial charge in [-0.05, 0) is 18.6 Å². The molecule has 0 aromatic heterocycles. The van der Waals surface area contributed by atoms with Crippen LogP contribution in [0.5, 0.6) is 5.75 Å². The molecule has 21 heavy (non-hydrogen) atoms. The average Bonchev–Trinajstić information content (AvgIpc) is 2.44. The number of hydrogen-bond donors (Lipinski definition) is 2. The zero-order valence-corrected chi connectivity index (χ0v) is 13.7. The summed E-state index contributed by atoms with van der Waals surface area (Å²) in [5.74, 6) is 0.435. The lowest BCUT2D eigenvalue weighted by molar-refractivity contribution is 0.305. The molecule has 0 aliphatic rings. The van der Waals surface area contributed by atoms with Gasteiger partial charge in [-0.3, -0.25) is 0 Å². The number of rotatable bonds is 10. The second-order valence-electron chi connectivity index (χ2n) is 4.96. The summed E-state index contributed by atoms with van der Waals surface area (Å²) in [6, 6.07) is 4.54. The number of nitrogens with two attached hydrogens (primary N) is 1. The van der Waals surface area contributed by atoms with Gasteiger partial charge in [-0.1, -0.05) is 39.5 Å². The largest absolute Gasteiger partial charge is 0.491 e. The second kappa shape index (κ2) is 8.89. The Morgan fingerprint density at radius 1 is 1.14 bits per heavy atom. The van der Waals surface area contributed by atoms with Crippen LogP contribution in [0.3, 0.4) is 0 Å². The Balaban J connectivity index is 2.62. The molecule has 120 valence electrons. The lowest BCUT2D eigenvalue weighted by Gasteiger charge is -2.11. The van der Waals surface area contributed by atoms with E-state index in [-0.39, 0.29) is 4.90 Å². The van der Waals surface area contributed by atoms with Crippen LogP contribution in [0.2, 0.25) is 0 Å². The van der Waals surface area contributed by atoms with E-state index < -0.39 is 10.0 Å². The van der Waals surface area contributed by atoms with Gasteiger partial charge in [0.1, 0.15) is 5.75 Å². The molecule has 0 unspecified atom stereocenters. The van der Waals surface area contributed by atoms with Gasteiger partial charge in [0, 0.05) is 12.6 Å². The molecule has 6 heteroatoms. The molecule has 0 heterocycles. The van der Waals surface area contributed by atoms with E-state index in [1.807, 2.05) is 0 Å². The molecule has 0 radical (unpaired) electrons. The van der Waals surface area contributed by atoms with E-state index in [1.54, 1.807) is 13.0 Å². The third-order valence-corrected chi connectivity index (χ3v) is 4.68. The van der Waals surface area contributed by atoms with E-state index >= 15 is 0 Å². The standard InChI is InChI=1S/C15H26N2O3S/c1-3-5-6-7-8-11-20-15-12-13(9-10-14(15)16)21(18,19)17-4-2/h9-10,12,17H,3-8,11,16H2,1-2H3. The number of ether oxygens (including phenoxy) is 1. The fourth-order valence-corrected chi connectivity index (χ4v) is 3.02. The molecule has 3 N–H and O–H groups in total. The molecular weight excluding hydrogens is 288 g/mol. The Kier molecular flexibility index (Phi) is 7.53. The van der Waals surface area contributed by atoms with E-state index in [4.69, 9.17) is 10.5 Å². The highest BCUT2D eigenvalue weighted by molar-refractivity contribution is 7.89. The lowest BCUT2D eigenvalue weighted by Crippen LogP contribution is -2.23. The zero-order valence-electron chi connectivity index (χ0n) is 12.9. The minimum atomic E-state index is -3.48. The number of hydrogen-bond acceptors (Lipinski definition) is 4. The molecular formula is C15H26N2O3S. The van der Waals surface area contributed by atoms with Crippen molar-refractivity contribution in [3.8, 4) is 5.75 Å². The lowest BCUT2D eigenvalue weighted by atomic mass is 10.2. The van der Waals surface area contributed by atoms with Crippen LogP contribution in [0.25, 0.3) is 0 Å². The first-order valence-electron chi connectivity index (χ1n) is 7.53. The molecule has 0 spiro atoms. The third kappa shape index (κ3) is 5.93. The van der Waals surface area contributed by atoms with Crippen molar-refractivity contribution in [1.29, 1.82) is 0 Å². The number of benzene rings is 1. The van der Waals surface area contributed by atoms with Crippen LogP contribution in [0.1, 0.15) is 46.0 Å². The van der Waals surface area contributed by atoms with E-state index in [0.717, 1.165) is 12.8 Å². The maximum absolute atomic E-state index is 11.9. The van der Waals surface area contributed by atoms with Crippen LogP contribution in [0.15, 0.2) is 23.1 Å². The molecule has 0 fully saturated rings. The van der Waals surface area contributed by atoms with Crippen molar-refractivity contribution in [3.63, 3.8) is 0 Å². The van der Waals surface area contributed by atoms with E-state index in [0.29, 0.717) is 24.6 Å². The fraction of sp³-hybridized carbons (Fsp3) is 0.600. The van der Waals surface area contributed by atoms with Gasteiger partial charge in [0.2, 0.25) is 10.0 Å². The molecule has 0 aliphatic carbocycles. The van der Waals surface area contributed by atoms with Crippen molar-refractivity contribution in [1.82, 2.24) is 4.72 Å². The first-order valence-corrected chi connectivity index (χ1v) is 9.01. The van der Waals surface area contributed by atoms with Gasteiger partial charge in [0.05, 0.1) is 17.2 Å². The second-order valence-corrected chi connectivity index (χ2v) is 6.73. The Labute approximate surface area is 127 Å². The van der Waals surface area contributed by atoms with E-state index in [1.165, 1.54) is 31.4 Å². The number of sulfonamides is 1. The van der Waals surface area contributed by atoms with Gasteiger partial charge < -0.3 is 10.5 Å². The Hall–Kier alpha value is -1.27. The van der Waals surface area contributed by atoms with Crippen molar-refractivity contribution in [2.24, 2.45) is 0 Å². The summed E-state index contributed by atoms with van der Waals surface area (Å²) in [6.07, 6.45) is 5.70. The molecule has 1 rings (SSSR count). The molecule has 0 bridgehead atoms. The molecule has 1 aromatic carbocycles. The van der Waals surface area contributed by atoms with Gasteiger partial charge in [-0.2, -0.15) is 0 Å².